The average molecular weight is 259 g/mol. The van der Waals surface area contributed by atoms with Crippen LogP contribution in [0.15, 0.2) is 30.6 Å². The van der Waals surface area contributed by atoms with Crippen LogP contribution in [0.3, 0.4) is 0 Å². The molecule has 4 nitrogen and oxygen atoms in total. The summed E-state index contributed by atoms with van der Waals surface area (Å²) in [5, 5.41) is 0. The van der Waals surface area contributed by atoms with Gasteiger partial charge in [0.25, 0.3) is 0 Å². The van der Waals surface area contributed by atoms with Crippen molar-refractivity contribution in [3.05, 3.63) is 47.5 Å². The number of aromatic amines is 1. The SMILES string of the molecule is COc1ccccc1[C@H](C)N(C)Cc1nc[nH]c1C. The van der Waals surface area contributed by atoms with Crippen molar-refractivity contribution in [3.8, 4) is 5.75 Å². The van der Waals surface area contributed by atoms with Crippen molar-refractivity contribution in [2.24, 2.45) is 0 Å². The second kappa shape index (κ2) is 5.89. The van der Waals surface area contributed by atoms with Crippen LogP contribution >= 0.6 is 0 Å². The summed E-state index contributed by atoms with van der Waals surface area (Å²) in [7, 11) is 3.81. The van der Waals surface area contributed by atoms with E-state index in [1.165, 1.54) is 5.56 Å². The summed E-state index contributed by atoms with van der Waals surface area (Å²) in [4.78, 5) is 9.72. The fraction of sp³-hybridized carbons (Fsp3) is 0.400. The molecule has 1 atom stereocenters. The van der Waals surface area contributed by atoms with E-state index in [0.717, 1.165) is 23.7 Å². The highest BCUT2D eigenvalue weighted by molar-refractivity contribution is 5.35. The lowest BCUT2D eigenvalue weighted by Crippen LogP contribution is -2.23. The Balaban J connectivity index is 2.14. The van der Waals surface area contributed by atoms with Crippen molar-refractivity contribution >= 4 is 0 Å². The van der Waals surface area contributed by atoms with E-state index in [0.29, 0.717) is 0 Å². The molecule has 102 valence electrons. The van der Waals surface area contributed by atoms with Crippen LogP contribution in [0.5, 0.6) is 5.75 Å². The number of aromatic nitrogens is 2. The number of hydrogen-bond donors (Lipinski definition) is 1. The van der Waals surface area contributed by atoms with E-state index in [9.17, 15) is 0 Å². The third-order valence-electron chi connectivity index (χ3n) is 3.58. The molecule has 0 amide bonds. The molecule has 0 fully saturated rings. The molecule has 2 aromatic rings. The Morgan fingerprint density at radius 2 is 2.11 bits per heavy atom. The summed E-state index contributed by atoms with van der Waals surface area (Å²) in [5.74, 6) is 0.931. The molecule has 0 radical (unpaired) electrons. The van der Waals surface area contributed by atoms with Gasteiger partial charge in [-0.25, -0.2) is 4.98 Å². The number of para-hydroxylation sites is 1. The number of imidazole rings is 1. The third-order valence-corrected chi connectivity index (χ3v) is 3.58. The maximum absolute atomic E-state index is 5.43. The molecule has 0 unspecified atom stereocenters. The van der Waals surface area contributed by atoms with Crippen LogP contribution < -0.4 is 4.74 Å². The van der Waals surface area contributed by atoms with Crippen molar-refractivity contribution < 1.29 is 4.74 Å². The smallest absolute Gasteiger partial charge is 0.123 e. The van der Waals surface area contributed by atoms with Crippen molar-refractivity contribution in [1.82, 2.24) is 14.9 Å². The predicted octanol–water partition coefficient (Wildman–Crippen LogP) is 2.92. The second-order valence-electron chi connectivity index (χ2n) is 4.81. The van der Waals surface area contributed by atoms with Gasteiger partial charge in [0.1, 0.15) is 5.75 Å². The number of ether oxygens (including phenoxy) is 1. The van der Waals surface area contributed by atoms with Gasteiger partial charge in [0.15, 0.2) is 0 Å². The van der Waals surface area contributed by atoms with E-state index in [-0.39, 0.29) is 6.04 Å². The van der Waals surface area contributed by atoms with Gasteiger partial charge in [0, 0.05) is 23.8 Å². The Bertz CT molecular complexity index is 536. The number of aryl methyl sites for hydroxylation is 1. The van der Waals surface area contributed by atoms with Crippen LogP contribution in [-0.2, 0) is 6.54 Å². The molecule has 0 aliphatic heterocycles. The lowest BCUT2D eigenvalue weighted by atomic mass is 10.1. The minimum absolute atomic E-state index is 0.271. The van der Waals surface area contributed by atoms with E-state index < -0.39 is 0 Å². The summed E-state index contributed by atoms with van der Waals surface area (Å²) in [5.41, 5.74) is 3.41. The maximum atomic E-state index is 5.43. The molecule has 1 aromatic carbocycles. The summed E-state index contributed by atoms with van der Waals surface area (Å²) in [6, 6.07) is 8.42. The first-order valence-corrected chi connectivity index (χ1v) is 6.45. The monoisotopic (exact) mass is 259 g/mol. The number of rotatable bonds is 5. The Morgan fingerprint density at radius 3 is 2.74 bits per heavy atom. The lowest BCUT2D eigenvalue weighted by Gasteiger charge is -2.25. The first-order chi connectivity index (χ1) is 9.13. The Hall–Kier alpha value is -1.81. The molecule has 0 saturated carbocycles. The van der Waals surface area contributed by atoms with Gasteiger partial charge in [-0.2, -0.15) is 0 Å². The fourth-order valence-corrected chi connectivity index (χ4v) is 2.17. The Morgan fingerprint density at radius 1 is 1.37 bits per heavy atom. The zero-order chi connectivity index (χ0) is 13.8. The van der Waals surface area contributed by atoms with Gasteiger partial charge >= 0.3 is 0 Å². The van der Waals surface area contributed by atoms with Crippen molar-refractivity contribution in [1.29, 1.82) is 0 Å². The van der Waals surface area contributed by atoms with Crippen LogP contribution in [0.2, 0.25) is 0 Å². The fourth-order valence-electron chi connectivity index (χ4n) is 2.17. The molecule has 0 spiro atoms. The molecule has 0 saturated heterocycles. The highest BCUT2D eigenvalue weighted by Crippen LogP contribution is 2.28. The molecule has 4 heteroatoms. The van der Waals surface area contributed by atoms with E-state index in [4.69, 9.17) is 4.74 Å². The zero-order valence-electron chi connectivity index (χ0n) is 12.0. The Labute approximate surface area is 114 Å². The summed E-state index contributed by atoms with van der Waals surface area (Å²) >= 11 is 0. The molecule has 0 bridgehead atoms. The second-order valence-corrected chi connectivity index (χ2v) is 4.81. The summed E-state index contributed by atoms with van der Waals surface area (Å²) < 4.78 is 5.43. The Kier molecular flexibility index (Phi) is 4.22. The minimum Gasteiger partial charge on any atom is -0.496 e. The summed E-state index contributed by atoms with van der Waals surface area (Å²) in [6.45, 7) is 5.04. The van der Waals surface area contributed by atoms with Gasteiger partial charge in [-0.3, -0.25) is 4.90 Å². The van der Waals surface area contributed by atoms with Crippen molar-refractivity contribution in [2.45, 2.75) is 26.4 Å². The number of nitrogens with zero attached hydrogens (tertiary/aromatic N) is 2. The molecule has 1 aromatic heterocycles. The first kappa shape index (κ1) is 13.6. The van der Waals surface area contributed by atoms with Crippen LogP contribution in [0.25, 0.3) is 0 Å². The van der Waals surface area contributed by atoms with Crippen LogP contribution in [-0.4, -0.2) is 29.0 Å². The molecule has 19 heavy (non-hydrogen) atoms. The number of methoxy groups -OCH3 is 1. The van der Waals surface area contributed by atoms with Gasteiger partial charge in [0.2, 0.25) is 0 Å². The van der Waals surface area contributed by atoms with Gasteiger partial charge in [0.05, 0.1) is 19.1 Å². The highest BCUT2D eigenvalue weighted by Gasteiger charge is 2.17. The summed E-state index contributed by atoms with van der Waals surface area (Å²) in [6.07, 6.45) is 1.74. The normalized spacial score (nSPS) is 12.7. The van der Waals surface area contributed by atoms with E-state index in [2.05, 4.69) is 34.9 Å². The number of benzene rings is 1. The van der Waals surface area contributed by atoms with Crippen molar-refractivity contribution in [2.75, 3.05) is 14.2 Å². The highest BCUT2D eigenvalue weighted by atomic mass is 16.5. The van der Waals surface area contributed by atoms with Crippen molar-refractivity contribution in [3.63, 3.8) is 0 Å². The van der Waals surface area contributed by atoms with Gasteiger partial charge in [-0.15, -0.1) is 0 Å². The van der Waals surface area contributed by atoms with Gasteiger partial charge in [-0.05, 0) is 27.0 Å². The molecular formula is C15H21N3O. The first-order valence-electron chi connectivity index (χ1n) is 6.45. The van der Waals surface area contributed by atoms with E-state index in [1.807, 2.05) is 25.1 Å². The molecule has 1 heterocycles. The molecule has 2 rings (SSSR count). The standard InChI is InChI=1S/C15H21N3O/c1-11-14(17-10-16-11)9-18(3)12(2)13-7-5-6-8-15(13)19-4/h5-8,10,12H,9H2,1-4H3,(H,16,17)/t12-/m0/s1. The quantitative estimate of drug-likeness (QED) is 0.897. The van der Waals surface area contributed by atoms with Crippen LogP contribution in [0, 0.1) is 6.92 Å². The van der Waals surface area contributed by atoms with E-state index in [1.54, 1.807) is 13.4 Å². The number of H-pyrrole nitrogens is 1. The third kappa shape index (κ3) is 2.96. The lowest BCUT2D eigenvalue weighted by molar-refractivity contribution is 0.244. The van der Waals surface area contributed by atoms with Gasteiger partial charge < -0.3 is 9.72 Å². The largest absolute Gasteiger partial charge is 0.496 e. The molecule has 1 N–H and O–H groups in total. The minimum atomic E-state index is 0.271. The molecular weight excluding hydrogens is 238 g/mol. The number of hydrogen-bond acceptors (Lipinski definition) is 3. The van der Waals surface area contributed by atoms with Crippen LogP contribution in [0.1, 0.15) is 29.9 Å². The topological polar surface area (TPSA) is 41.1 Å². The average Bonchev–Trinajstić information content (AvgIpc) is 2.83. The van der Waals surface area contributed by atoms with E-state index >= 15 is 0 Å². The maximum Gasteiger partial charge on any atom is 0.123 e. The number of nitrogens with one attached hydrogen (secondary N) is 1. The molecule has 0 aliphatic carbocycles. The van der Waals surface area contributed by atoms with Crippen LogP contribution in [0.4, 0.5) is 0 Å². The van der Waals surface area contributed by atoms with Gasteiger partial charge in [-0.1, -0.05) is 18.2 Å². The molecule has 0 aliphatic rings. The zero-order valence-corrected chi connectivity index (χ0v) is 12.0. The predicted molar refractivity (Wildman–Crippen MR) is 76.2 cm³/mol.